The summed E-state index contributed by atoms with van der Waals surface area (Å²) in [4.78, 5) is 28.9. The summed E-state index contributed by atoms with van der Waals surface area (Å²) in [5, 5.41) is 1.13. The van der Waals surface area contributed by atoms with E-state index in [0.717, 1.165) is 15.8 Å². The van der Waals surface area contributed by atoms with Crippen molar-refractivity contribution < 1.29 is 27.1 Å². The second-order valence-corrected chi connectivity index (χ2v) is 13.6. The van der Waals surface area contributed by atoms with Crippen LogP contribution in [0.3, 0.4) is 0 Å². The molecular weight excluding hydrogens is 553 g/mol. The first-order chi connectivity index (χ1) is 17.6. The molecule has 1 aromatic carbocycles. The first-order valence-electron chi connectivity index (χ1n) is 12.0. The van der Waals surface area contributed by atoms with Crippen LogP contribution in [0.4, 0.5) is 10.1 Å². The molecule has 2 heterocycles. The van der Waals surface area contributed by atoms with Gasteiger partial charge in [0.15, 0.2) is 0 Å². The van der Waals surface area contributed by atoms with Gasteiger partial charge in [0.05, 0.1) is 27.6 Å². The maximum Gasteiger partial charge on any atom is 0.253 e. The van der Waals surface area contributed by atoms with Gasteiger partial charge in [-0.25, -0.2) is 12.8 Å². The zero-order valence-corrected chi connectivity index (χ0v) is 24.7. The Kier molecular flexibility index (Phi) is 9.41. The van der Waals surface area contributed by atoms with E-state index in [2.05, 4.69) is 0 Å². The van der Waals surface area contributed by atoms with Crippen LogP contribution in [0, 0.1) is 5.82 Å². The van der Waals surface area contributed by atoms with E-state index < -0.39 is 33.4 Å². The fourth-order valence-electron chi connectivity index (χ4n) is 4.07. The molecule has 8 nitrogen and oxygen atoms in total. The second-order valence-electron chi connectivity index (χ2n) is 10.2. The predicted octanol–water partition coefficient (Wildman–Crippen LogP) is 4.86. The van der Waals surface area contributed by atoms with Gasteiger partial charge in [0.1, 0.15) is 11.9 Å². The van der Waals surface area contributed by atoms with E-state index in [-0.39, 0.29) is 43.3 Å². The average molecular weight is 586 g/mol. The largest absolute Gasteiger partial charge is 0.374 e. The minimum absolute atomic E-state index is 0.00366. The van der Waals surface area contributed by atoms with Gasteiger partial charge in [-0.15, -0.1) is 11.3 Å². The molecule has 2 amide bonds. The highest BCUT2D eigenvalue weighted by atomic mass is 35.5. The van der Waals surface area contributed by atoms with Crippen molar-refractivity contribution in [2.24, 2.45) is 0 Å². The number of hydrogen-bond acceptors (Lipinski definition) is 6. The van der Waals surface area contributed by atoms with Crippen LogP contribution in [0.5, 0.6) is 0 Å². The predicted molar refractivity (Wildman–Crippen MR) is 149 cm³/mol. The van der Waals surface area contributed by atoms with Gasteiger partial charge < -0.3 is 14.5 Å². The second kappa shape index (κ2) is 11.8. The van der Waals surface area contributed by atoms with E-state index in [1.807, 2.05) is 20.8 Å². The van der Waals surface area contributed by atoms with Gasteiger partial charge in [-0.3, -0.25) is 9.59 Å². The molecule has 0 saturated carbocycles. The summed E-state index contributed by atoms with van der Waals surface area (Å²) in [6.07, 6.45) is 0.170. The first-order valence-corrected chi connectivity index (χ1v) is 14.7. The molecule has 0 radical (unpaired) electrons. The molecule has 1 aliphatic heterocycles. The molecule has 0 spiro atoms. The van der Waals surface area contributed by atoms with Crippen molar-refractivity contribution >= 4 is 56.0 Å². The lowest BCUT2D eigenvalue weighted by Crippen LogP contribution is -2.46. The Morgan fingerprint density at radius 2 is 1.95 bits per heavy atom. The number of thiophene rings is 1. The minimum atomic E-state index is -4.07. The van der Waals surface area contributed by atoms with Gasteiger partial charge >= 0.3 is 0 Å². The van der Waals surface area contributed by atoms with Crippen LogP contribution < -0.4 is 4.90 Å². The first kappa shape index (κ1) is 30.2. The maximum atomic E-state index is 15.0. The summed E-state index contributed by atoms with van der Waals surface area (Å²) in [6, 6.07) is 6.29. The highest BCUT2D eigenvalue weighted by Crippen LogP contribution is 2.32. The number of nitrogens with zero attached hydrogens (tertiary/aromatic N) is 3. The lowest BCUT2D eigenvalue weighted by Gasteiger charge is -2.28. The summed E-state index contributed by atoms with van der Waals surface area (Å²) in [6.45, 7) is 7.36. The number of allylic oxidation sites excluding steroid dienone is 1. The monoisotopic (exact) mass is 585 g/mol. The van der Waals surface area contributed by atoms with Gasteiger partial charge in [0.2, 0.25) is 15.9 Å². The highest BCUT2D eigenvalue weighted by molar-refractivity contribution is 7.92. The maximum absolute atomic E-state index is 15.0. The molecule has 0 N–H and O–H groups in total. The van der Waals surface area contributed by atoms with Crippen molar-refractivity contribution in [1.82, 2.24) is 9.21 Å². The van der Waals surface area contributed by atoms with E-state index >= 15 is 4.39 Å². The minimum Gasteiger partial charge on any atom is -0.374 e. The SMILES string of the molecule is C/C(=C\S(=O)(=O)N(CCOC(C)(C)C)[C@H]1CCN(c2ccc(C(=O)N(C)C)cc2F)C1=O)c1ccc(Cl)s1. The van der Waals surface area contributed by atoms with Gasteiger partial charge in [-0.05, 0) is 70.0 Å². The zero-order chi connectivity index (χ0) is 28.4. The van der Waals surface area contributed by atoms with Gasteiger partial charge in [0.25, 0.3) is 5.91 Å². The molecule has 0 bridgehead atoms. The molecule has 1 atom stereocenters. The zero-order valence-electron chi connectivity index (χ0n) is 22.3. The number of carbonyl (C=O) groups excluding carboxylic acids is 2. The van der Waals surface area contributed by atoms with E-state index in [1.54, 1.807) is 33.2 Å². The quantitative estimate of drug-likeness (QED) is 0.420. The molecule has 0 aliphatic carbocycles. The van der Waals surface area contributed by atoms with Crippen LogP contribution >= 0.6 is 22.9 Å². The van der Waals surface area contributed by atoms with Crippen molar-refractivity contribution in [3.8, 4) is 0 Å². The van der Waals surface area contributed by atoms with Crippen molar-refractivity contribution in [1.29, 1.82) is 0 Å². The third kappa shape index (κ3) is 7.20. The standard InChI is InChI=1S/C26H33ClFN3O5S2/c1-17(22-9-10-23(27)37-22)16-38(34,35)31(13-14-36-26(2,3)4)21-11-12-30(25(21)33)20-8-7-18(15-19(20)28)24(32)29(5)6/h7-10,15-16,21H,11-14H2,1-6H3/b17-16+/t21-/m0/s1. The molecule has 1 aliphatic rings. The smallest absolute Gasteiger partial charge is 0.253 e. The number of ether oxygens (including phenoxy) is 1. The summed E-state index contributed by atoms with van der Waals surface area (Å²) < 4.78 is 49.6. The Balaban J connectivity index is 1.91. The lowest BCUT2D eigenvalue weighted by atomic mass is 10.1. The van der Waals surface area contributed by atoms with Crippen molar-refractivity contribution in [2.75, 3.05) is 38.7 Å². The number of carbonyl (C=O) groups is 2. The molecule has 1 saturated heterocycles. The third-order valence-electron chi connectivity index (χ3n) is 5.88. The van der Waals surface area contributed by atoms with Crippen LogP contribution in [-0.4, -0.2) is 74.9 Å². The third-order valence-corrected chi connectivity index (χ3v) is 8.99. The molecule has 208 valence electrons. The van der Waals surface area contributed by atoms with Crippen LogP contribution in [-0.2, 0) is 19.6 Å². The van der Waals surface area contributed by atoms with Crippen LogP contribution in [0.1, 0.15) is 49.4 Å². The molecular formula is C26H33ClFN3O5S2. The van der Waals surface area contributed by atoms with Crippen molar-refractivity contribution in [2.45, 2.75) is 45.8 Å². The molecule has 0 unspecified atom stereocenters. The molecule has 2 aromatic rings. The van der Waals surface area contributed by atoms with Gasteiger partial charge in [0, 0.05) is 37.6 Å². The summed E-state index contributed by atoms with van der Waals surface area (Å²) in [7, 11) is -0.955. The summed E-state index contributed by atoms with van der Waals surface area (Å²) >= 11 is 7.27. The Hall–Kier alpha value is -2.31. The number of rotatable bonds is 9. The Morgan fingerprint density at radius 3 is 2.50 bits per heavy atom. The number of anilines is 1. The molecule has 12 heteroatoms. The normalized spacial score (nSPS) is 17.0. The summed E-state index contributed by atoms with van der Waals surface area (Å²) in [5.41, 5.74) is 0.127. The van der Waals surface area contributed by atoms with Gasteiger partial charge in [-0.1, -0.05) is 11.6 Å². The van der Waals surface area contributed by atoms with Crippen LogP contribution in [0.25, 0.3) is 5.57 Å². The Bertz CT molecular complexity index is 1330. The van der Waals surface area contributed by atoms with Crippen molar-refractivity contribution in [3.05, 3.63) is 56.3 Å². The molecule has 1 aromatic heterocycles. The Morgan fingerprint density at radius 1 is 1.26 bits per heavy atom. The number of sulfonamides is 1. The number of benzene rings is 1. The number of halogens is 2. The fraction of sp³-hybridized carbons (Fsp3) is 0.462. The van der Waals surface area contributed by atoms with E-state index in [0.29, 0.717) is 14.8 Å². The molecule has 38 heavy (non-hydrogen) atoms. The molecule has 1 fully saturated rings. The van der Waals surface area contributed by atoms with Crippen LogP contribution in [0.15, 0.2) is 35.7 Å². The highest BCUT2D eigenvalue weighted by Gasteiger charge is 2.42. The topological polar surface area (TPSA) is 87.2 Å². The van der Waals surface area contributed by atoms with E-state index in [4.69, 9.17) is 16.3 Å². The van der Waals surface area contributed by atoms with E-state index in [9.17, 15) is 18.0 Å². The van der Waals surface area contributed by atoms with E-state index in [1.165, 1.54) is 33.3 Å². The summed E-state index contributed by atoms with van der Waals surface area (Å²) in [5.74, 6) is -1.64. The number of amides is 2. The van der Waals surface area contributed by atoms with Gasteiger partial charge in [-0.2, -0.15) is 4.31 Å². The Labute approximate surface area is 232 Å². The average Bonchev–Trinajstić information content (AvgIpc) is 3.40. The number of hydrogen-bond donors (Lipinski definition) is 0. The lowest BCUT2D eigenvalue weighted by molar-refractivity contribution is -0.120. The fourth-order valence-corrected chi connectivity index (χ4v) is 6.74. The van der Waals surface area contributed by atoms with Crippen LogP contribution in [0.2, 0.25) is 4.34 Å². The molecule has 3 rings (SSSR count). The van der Waals surface area contributed by atoms with Crippen molar-refractivity contribution in [3.63, 3.8) is 0 Å².